The number of piperidine rings is 1. The lowest BCUT2D eigenvalue weighted by molar-refractivity contribution is 0.366. The van der Waals surface area contributed by atoms with Gasteiger partial charge in [0, 0.05) is 29.8 Å². The monoisotopic (exact) mass is 238 g/mol. The van der Waals surface area contributed by atoms with Crippen LogP contribution in [0.1, 0.15) is 13.3 Å². The van der Waals surface area contributed by atoms with Crippen LogP contribution in [0.4, 0.5) is 5.69 Å². The van der Waals surface area contributed by atoms with Crippen molar-refractivity contribution >= 4 is 17.3 Å². The van der Waals surface area contributed by atoms with Crippen LogP contribution >= 0.6 is 11.6 Å². The highest BCUT2D eigenvalue weighted by atomic mass is 35.5. The van der Waals surface area contributed by atoms with Gasteiger partial charge < -0.3 is 10.2 Å². The predicted octanol–water partition coefficient (Wildman–Crippen LogP) is 2.77. The van der Waals surface area contributed by atoms with E-state index in [1.165, 1.54) is 12.1 Å². The van der Waals surface area contributed by atoms with E-state index in [2.05, 4.69) is 29.3 Å². The summed E-state index contributed by atoms with van der Waals surface area (Å²) in [6, 6.07) is 8.73. The molecule has 0 amide bonds. The normalized spacial score (nSPS) is 25.8. The molecule has 1 aliphatic rings. The first kappa shape index (κ1) is 11.7. The van der Waals surface area contributed by atoms with Crippen LogP contribution in [0.3, 0.4) is 0 Å². The van der Waals surface area contributed by atoms with Gasteiger partial charge in [0.15, 0.2) is 0 Å². The van der Waals surface area contributed by atoms with Crippen molar-refractivity contribution in [2.45, 2.75) is 19.4 Å². The summed E-state index contributed by atoms with van der Waals surface area (Å²) in [6.07, 6.45) is 1.26. The number of anilines is 1. The minimum atomic E-state index is 0.597. The predicted molar refractivity (Wildman–Crippen MR) is 70.3 cm³/mol. The fraction of sp³-hybridized carbons (Fsp3) is 0.538. The second-order valence-electron chi connectivity index (χ2n) is 4.71. The number of halogens is 1. The average Bonchev–Trinajstić information content (AvgIpc) is 2.29. The molecule has 1 aromatic rings. The van der Waals surface area contributed by atoms with Crippen molar-refractivity contribution in [2.75, 3.05) is 25.0 Å². The summed E-state index contributed by atoms with van der Waals surface area (Å²) in [4.78, 5) is 2.44. The Hall–Kier alpha value is -0.730. The van der Waals surface area contributed by atoms with Gasteiger partial charge in [-0.05, 0) is 43.7 Å². The highest BCUT2D eigenvalue weighted by Crippen LogP contribution is 2.24. The first-order chi connectivity index (χ1) is 7.69. The van der Waals surface area contributed by atoms with Crippen molar-refractivity contribution < 1.29 is 0 Å². The van der Waals surface area contributed by atoms with E-state index in [4.69, 9.17) is 11.6 Å². The Labute approximate surface area is 103 Å². The Morgan fingerprint density at radius 1 is 1.25 bits per heavy atom. The lowest BCUT2D eigenvalue weighted by Crippen LogP contribution is -2.47. The molecule has 3 heteroatoms. The molecule has 1 heterocycles. The summed E-state index contributed by atoms with van der Waals surface area (Å²) >= 11 is 5.90. The third-order valence-corrected chi connectivity index (χ3v) is 3.51. The second kappa shape index (κ2) is 5.07. The lowest BCUT2D eigenvalue weighted by Gasteiger charge is -2.37. The van der Waals surface area contributed by atoms with E-state index in [-0.39, 0.29) is 0 Å². The summed E-state index contributed by atoms with van der Waals surface area (Å²) in [6.45, 7) is 4.54. The second-order valence-corrected chi connectivity index (χ2v) is 5.14. The molecule has 2 nitrogen and oxygen atoms in total. The third kappa shape index (κ3) is 2.69. The van der Waals surface area contributed by atoms with Crippen LogP contribution in [0.15, 0.2) is 24.3 Å². The van der Waals surface area contributed by atoms with Crippen LogP contribution in [0.5, 0.6) is 0 Å². The maximum absolute atomic E-state index is 5.90. The minimum Gasteiger partial charge on any atom is -0.370 e. The number of rotatable bonds is 2. The molecule has 1 aromatic carbocycles. The number of likely N-dealkylation sites (N-methyl/N-ethyl adjacent to an activating group) is 1. The van der Waals surface area contributed by atoms with Gasteiger partial charge in [0.1, 0.15) is 0 Å². The highest BCUT2D eigenvalue weighted by Gasteiger charge is 2.23. The molecule has 1 aliphatic heterocycles. The van der Waals surface area contributed by atoms with Crippen LogP contribution in [0, 0.1) is 5.92 Å². The van der Waals surface area contributed by atoms with Crippen LogP contribution in [-0.2, 0) is 0 Å². The Morgan fingerprint density at radius 2 is 1.94 bits per heavy atom. The van der Waals surface area contributed by atoms with Gasteiger partial charge in [0.25, 0.3) is 0 Å². The van der Waals surface area contributed by atoms with E-state index in [0.717, 1.165) is 24.0 Å². The molecule has 0 bridgehead atoms. The van der Waals surface area contributed by atoms with Gasteiger partial charge >= 0.3 is 0 Å². The Kier molecular flexibility index (Phi) is 3.72. The van der Waals surface area contributed by atoms with Gasteiger partial charge in [-0.3, -0.25) is 0 Å². The van der Waals surface area contributed by atoms with Gasteiger partial charge in [-0.15, -0.1) is 0 Å². The van der Waals surface area contributed by atoms with E-state index in [0.29, 0.717) is 6.04 Å². The minimum absolute atomic E-state index is 0.597. The van der Waals surface area contributed by atoms with E-state index in [1.54, 1.807) is 0 Å². The Bertz CT molecular complexity index is 336. The van der Waals surface area contributed by atoms with Crippen molar-refractivity contribution in [3.05, 3.63) is 29.3 Å². The lowest BCUT2D eigenvalue weighted by atomic mass is 9.95. The zero-order chi connectivity index (χ0) is 11.5. The van der Waals surface area contributed by atoms with Gasteiger partial charge in [0.2, 0.25) is 0 Å². The molecule has 2 atom stereocenters. The molecular formula is C13H19ClN2. The van der Waals surface area contributed by atoms with Crippen LogP contribution in [0.25, 0.3) is 0 Å². The molecule has 0 aliphatic carbocycles. The van der Waals surface area contributed by atoms with E-state index >= 15 is 0 Å². The zero-order valence-electron chi connectivity index (χ0n) is 9.91. The molecule has 1 fully saturated rings. The summed E-state index contributed by atoms with van der Waals surface area (Å²) in [5.41, 5.74) is 1.27. The van der Waals surface area contributed by atoms with Gasteiger partial charge in [-0.25, -0.2) is 0 Å². The molecule has 2 unspecified atom stereocenters. The van der Waals surface area contributed by atoms with Gasteiger partial charge in [0.05, 0.1) is 0 Å². The summed E-state index contributed by atoms with van der Waals surface area (Å²) in [7, 11) is 2.04. The fourth-order valence-electron chi connectivity index (χ4n) is 2.42. The maximum atomic E-state index is 5.90. The van der Waals surface area contributed by atoms with Crippen LogP contribution in [-0.4, -0.2) is 26.2 Å². The zero-order valence-corrected chi connectivity index (χ0v) is 10.7. The first-order valence-corrected chi connectivity index (χ1v) is 6.24. The third-order valence-electron chi connectivity index (χ3n) is 3.26. The molecule has 0 spiro atoms. The van der Waals surface area contributed by atoms with Gasteiger partial charge in [-0.2, -0.15) is 0 Å². The van der Waals surface area contributed by atoms with Crippen molar-refractivity contribution in [1.29, 1.82) is 0 Å². The summed E-state index contributed by atoms with van der Waals surface area (Å²) in [5.74, 6) is 0.738. The topological polar surface area (TPSA) is 15.3 Å². The smallest absolute Gasteiger partial charge is 0.0407 e. The average molecular weight is 239 g/mol. The molecule has 0 radical (unpaired) electrons. The van der Waals surface area contributed by atoms with Gasteiger partial charge in [-0.1, -0.05) is 18.5 Å². The van der Waals surface area contributed by atoms with E-state index in [1.807, 2.05) is 19.2 Å². The number of nitrogens with one attached hydrogen (secondary N) is 1. The van der Waals surface area contributed by atoms with Crippen molar-refractivity contribution in [2.24, 2.45) is 5.92 Å². The maximum Gasteiger partial charge on any atom is 0.0407 e. The van der Waals surface area contributed by atoms with E-state index < -0.39 is 0 Å². The van der Waals surface area contributed by atoms with Crippen LogP contribution in [0.2, 0.25) is 5.02 Å². The standard InChI is InChI=1S/C13H19ClN2/c1-10-7-12(15-2)9-16(8-10)13-5-3-11(14)4-6-13/h3-6,10,12,15H,7-9H2,1-2H3. The molecule has 0 saturated carbocycles. The largest absolute Gasteiger partial charge is 0.370 e. The van der Waals surface area contributed by atoms with Crippen molar-refractivity contribution in [1.82, 2.24) is 5.32 Å². The SMILES string of the molecule is CNC1CC(C)CN(c2ccc(Cl)cc2)C1. The molecule has 1 N–H and O–H groups in total. The Balaban J connectivity index is 2.11. The van der Waals surface area contributed by atoms with E-state index in [9.17, 15) is 0 Å². The first-order valence-electron chi connectivity index (χ1n) is 5.87. The molecule has 16 heavy (non-hydrogen) atoms. The number of benzene rings is 1. The summed E-state index contributed by atoms with van der Waals surface area (Å²) in [5, 5.41) is 4.18. The number of nitrogens with zero attached hydrogens (tertiary/aromatic N) is 1. The summed E-state index contributed by atoms with van der Waals surface area (Å²) < 4.78 is 0. The van der Waals surface area contributed by atoms with Crippen molar-refractivity contribution in [3.63, 3.8) is 0 Å². The highest BCUT2D eigenvalue weighted by molar-refractivity contribution is 6.30. The number of hydrogen-bond acceptors (Lipinski definition) is 2. The molecular weight excluding hydrogens is 220 g/mol. The van der Waals surface area contributed by atoms with Crippen LogP contribution < -0.4 is 10.2 Å². The molecule has 88 valence electrons. The quantitative estimate of drug-likeness (QED) is 0.853. The van der Waals surface area contributed by atoms with Crippen molar-refractivity contribution in [3.8, 4) is 0 Å². The molecule has 2 rings (SSSR count). The molecule has 1 saturated heterocycles. The molecule has 0 aromatic heterocycles. The Morgan fingerprint density at radius 3 is 2.56 bits per heavy atom. The fourth-order valence-corrected chi connectivity index (χ4v) is 2.55. The number of hydrogen-bond donors (Lipinski definition) is 1.